The van der Waals surface area contributed by atoms with Crippen molar-refractivity contribution in [2.75, 3.05) is 5.32 Å². The van der Waals surface area contributed by atoms with Crippen LogP contribution in [0.2, 0.25) is 0 Å². The van der Waals surface area contributed by atoms with Gasteiger partial charge in [-0.15, -0.1) is 0 Å². The van der Waals surface area contributed by atoms with Crippen molar-refractivity contribution in [3.63, 3.8) is 0 Å². The van der Waals surface area contributed by atoms with Gasteiger partial charge in [0, 0.05) is 11.6 Å². The predicted molar refractivity (Wildman–Crippen MR) is 105 cm³/mol. The lowest BCUT2D eigenvalue weighted by Gasteiger charge is -2.15. The van der Waals surface area contributed by atoms with Crippen LogP contribution in [0.4, 0.5) is 5.69 Å². The van der Waals surface area contributed by atoms with Gasteiger partial charge >= 0.3 is 5.76 Å². The number of rotatable bonds is 6. The van der Waals surface area contributed by atoms with E-state index in [2.05, 4.69) is 10.6 Å². The summed E-state index contributed by atoms with van der Waals surface area (Å²) in [6.45, 7) is 1.75. The normalized spacial score (nSPS) is 14.6. The van der Waals surface area contributed by atoms with Gasteiger partial charge in [-0.3, -0.25) is 14.2 Å². The number of hydrogen-bond acceptors (Lipinski definition) is 4. The maximum absolute atomic E-state index is 12.4. The standard InChI is InChI=1S/C21H21N3O4/c1-13(14-8-10-16(11-9-14)23-20(26)15-6-7-15)22-19(25)12-24-17-4-2-3-5-18(17)28-21(24)27/h2-5,8-11,13,15H,6-7,12H2,1H3,(H,22,25)(H,23,26). The molecule has 4 rings (SSSR count). The van der Waals surface area contributed by atoms with Gasteiger partial charge in [-0.1, -0.05) is 24.3 Å². The third-order valence-electron chi connectivity index (χ3n) is 4.88. The van der Waals surface area contributed by atoms with Crippen LogP contribution < -0.4 is 16.4 Å². The molecule has 2 N–H and O–H groups in total. The second-order valence-electron chi connectivity index (χ2n) is 7.10. The van der Waals surface area contributed by atoms with E-state index in [9.17, 15) is 14.4 Å². The fraction of sp³-hybridized carbons (Fsp3) is 0.286. The van der Waals surface area contributed by atoms with Crippen LogP contribution >= 0.6 is 0 Å². The number of oxazole rings is 1. The molecule has 1 aliphatic rings. The number of aromatic nitrogens is 1. The van der Waals surface area contributed by atoms with Crippen LogP contribution in [-0.2, 0) is 16.1 Å². The van der Waals surface area contributed by atoms with Crippen molar-refractivity contribution in [3.8, 4) is 0 Å². The molecule has 1 aliphatic carbocycles. The molecule has 1 saturated carbocycles. The molecule has 144 valence electrons. The summed E-state index contributed by atoms with van der Waals surface area (Å²) in [6, 6.07) is 14.1. The van der Waals surface area contributed by atoms with E-state index >= 15 is 0 Å². The summed E-state index contributed by atoms with van der Waals surface area (Å²) in [7, 11) is 0. The summed E-state index contributed by atoms with van der Waals surface area (Å²) in [5.74, 6) is -0.626. The molecule has 2 aromatic carbocycles. The first kappa shape index (κ1) is 18.0. The van der Waals surface area contributed by atoms with E-state index in [1.807, 2.05) is 31.2 Å². The van der Waals surface area contributed by atoms with Gasteiger partial charge in [-0.25, -0.2) is 4.79 Å². The molecule has 0 bridgehead atoms. The maximum atomic E-state index is 12.4. The van der Waals surface area contributed by atoms with E-state index in [1.165, 1.54) is 4.57 Å². The van der Waals surface area contributed by atoms with Crippen molar-refractivity contribution < 1.29 is 14.0 Å². The molecule has 1 atom stereocenters. The minimum atomic E-state index is -0.556. The van der Waals surface area contributed by atoms with Crippen LogP contribution in [-0.4, -0.2) is 16.4 Å². The summed E-state index contributed by atoms with van der Waals surface area (Å²) < 4.78 is 6.46. The average Bonchev–Trinajstić information content (AvgIpc) is 3.48. The van der Waals surface area contributed by atoms with Crippen LogP contribution in [0.1, 0.15) is 31.4 Å². The minimum absolute atomic E-state index is 0.0619. The zero-order valence-corrected chi connectivity index (χ0v) is 15.5. The van der Waals surface area contributed by atoms with Gasteiger partial charge in [-0.2, -0.15) is 0 Å². The highest BCUT2D eigenvalue weighted by molar-refractivity contribution is 5.94. The number of nitrogens with zero attached hydrogens (tertiary/aromatic N) is 1. The van der Waals surface area contributed by atoms with E-state index in [1.54, 1.807) is 24.3 Å². The van der Waals surface area contributed by atoms with Gasteiger partial charge < -0.3 is 15.1 Å². The van der Waals surface area contributed by atoms with Crippen molar-refractivity contribution in [1.82, 2.24) is 9.88 Å². The SMILES string of the molecule is CC(NC(=O)Cn1c(=O)oc2ccccc21)c1ccc(NC(=O)C2CC2)cc1. The van der Waals surface area contributed by atoms with E-state index in [4.69, 9.17) is 4.42 Å². The third kappa shape index (κ3) is 3.83. The molecule has 0 radical (unpaired) electrons. The molecule has 7 heteroatoms. The molecular weight excluding hydrogens is 358 g/mol. The number of carbonyl (C=O) groups excluding carboxylic acids is 2. The Kier molecular flexibility index (Phi) is 4.73. The average molecular weight is 379 g/mol. The highest BCUT2D eigenvalue weighted by Crippen LogP contribution is 2.30. The number of hydrogen-bond donors (Lipinski definition) is 2. The Morgan fingerprint density at radius 2 is 1.86 bits per heavy atom. The number of benzene rings is 2. The topological polar surface area (TPSA) is 93.3 Å². The first-order chi connectivity index (χ1) is 13.5. The molecule has 2 amide bonds. The second kappa shape index (κ2) is 7.34. The van der Waals surface area contributed by atoms with Gasteiger partial charge in [0.05, 0.1) is 11.6 Å². The molecule has 1 unspecified atom stereocenters. The number of nitrogens with one attached hydrogen (secondary N) is 2. The Morgan fingerprint density at radius 1 is 1.14 bits per heavy atom. The molecule has 0 spiro atoms. The first-order valence-corrected chi connectivity index (χ1v) is 9.30. The summed E-state index contributed by atoms with van der Waals surface area (Å²) in [5, 5.41) is 5.78. The molecule has 0 saturated heterocycles. The predicted octanol–water partition coefficient (Wildman–Crippen LogP) is 2.82. The zero-order valence-electron chi connectivity index (χ0n) is 15.5. The van der Waals surface area contributed by atoms with Gasteiger partial charge in [0.2, 0.25) is 11.8 Å². The van der Waals surface area contributed by atoms with Crippen LogP contribution in [0.3, 0.4) is 0 Å². The fourth-order valence-corrected chi connectivity index (χ4v) is 3.12. The largest absolute Gasteiger partial charge is 0.420 e. The number of fused-ring (bicyclic) bond motifs is 1. The van der Waals surface area contributed by atoms with Gasteiger partial charge in [-0.05, 0) is 49.6 Å². The molecular formula is C21H21N3O4. The van der Waals surface area contributed by atoms with Crippen molar-refractivity contribution in [1.29, 1.82) is 0 Å². The van der Waals surface area contributed by atoms with Crippen LogP contribution in [0.5, 0.6) is 0 Å². The van der Waals surface area contributed by atoms with Crippen LogP contribution in [0, 0.1) is 5.92 Å². The highest BCUT2D eigenvalue weighted by Gasteiger charge is 2.29. The van der Waals surface area contributed by atoms with Crippen LogP contribution in [0.15, 0.2) is 57.7 Å². The lowest BCUT2D eigenvalue weighted by molar-refractivity contribution is -0.122. The smallest absolute Gasteiger partial charge is 0.408 e. The molecule has 1 aromatic heterocycles. The lowest BCUT2D eigenvalue weighted by Crippen LogP contribution is -2.32. The Bertz CT molecular complexity index is 1080. The minimum Gasteiger partial charge on any atom is -0.408 e. The number of amides is 2. The molecule has 28 heavy (non-hydrogen) atoms. The molecule has 0 aliphatic heterocycles. The summed E-state index contributed by atoms with van der Waals surface area (Å²) in [5.41, 5.74) is 2.70. The summed E-state index contributed by atoms with van der Waals surface area (Å²) in [4.78, 5) is 36.2. The Labute approximate surface area is 161 Å². The van der Waals surface area contributed by atoms with E-state index < -0.39 is 5.76 Å². The van der Waals surface area contributed by atoms with Crippen molar-refractivity contribution in [2.24, 2.45) is 5.92 Å². The lowest BCUT2D eigenvalue weighted by atomic mass is 10.1. The maximum Gasteiger partial charge on any atom is 0.420 e. The number of anilines is 1. The molecule has 1 fully saturated rings. The van der Waals surface area contributed by atoms with Crippen molar-refractivity contribution in [3.05, 3.63) is 64.6 Å². The number of para-hydroxylation sites is 2. The zero-order chi connectivity index (χ0) is 19.7. The monoisotopic (exact) mass is 379 g/mol. The fourth-order valence-electron chi connectivity index (χ4n) is 3.12. The highest BCUT2D eigenvalue weighted by atomic mass is 16.4. The van der Waals surface area contributed by atoms with Crippen LogP contribution in [0.25, 0.3) is 11.1 Å². The molecule has 7 nitrogen and oxygen atoms in total. The van der Waals surface area contributed by atoms with Crippen molar-refractivity contribution >= 4 is 28.6 Å². The number of carbonyl (C=O) groups is 2. The van der Waals surface area contributed by atoms with E-state index in [-0.39, 0.29) is 30.3 Å². The Morgan fingerprint density at radius 3 is 2.57 bits per heavy atom. The van der Waals surface area contributed by atoms with Gasteiger partial charge in [0.15, 0.2) is 5.58 Å². The summed E-state index contributed by atoms with van der Waals surface area (Å²) in [6.07, 6.45) is 1.92. The second-order valence-corrected chi connectivity index (χ2v) is 7.10. The van der Waals surface area contributed by atoms with E-state index in [0.717, 1.165) is 24.1 Å². The Balaban J connectivity index is 1.39. The quantitative estimate of drug-likeness (QED) is 0.689. The summed E-state index contributed by atoms with van der Waals surface area (Å²) >= 11 is 0. The van der Waals surface area contributed by atoms with Crippen molar-refractivity contribution in [2.45, 2.75) is 32.4 Å². The van der Waals surface area contributed by atoms with Gasteiger partial charge in [0.25, 0.3) is 0 Å². The molecule has 1 heterocycles. The first-order valence-electron chi connectivity index (χ1n) is 9.30. The molecule has 3 aromatic rings. The van der Waals surface area contributed by atoms with Gasteiger partial charge in [0.1, 0.15) is 6.54 Å². The Hall–Kier alpha value is -3.35. The third-order valence-corrected chi connectivity index (χ3v) is 4.88. The van der Waals surface area contributed by atoms with E-state index in [0.29, 0.717) is 11.1 Å².